The van der Waals surface area contributed by atoms with Gasteiger partial charge >= 0.3 is 0 Å². The Bertz CT molecular complexity index is 1780. The van der Waals surface area contributed by atoms with Crippen molar-refractivity contribution in [2.75, 3.05) is 36.4 Å². The normalized spacial score (nSPS) is 24.1. The molecule has 3 saturated carbocycles. The van der Waals surface area contributed by atoms with Crippen LogP contribution >= 0.6 is 23.2 Å². The first-order chi connectivity index (χ1) is 22.7. The Morgan fingerprint density at radius 1 is 1.15 bits per heavy atom. The van der Waals surface area contributed by atoms with Gasteiger partial charge < -0.3 is 16.0 Å². The van der Waals surface area contributed by atoms with E-state index in [9.17, 15) is 4.79 Å². The fourth-order valence-electron chi connectivity index (χ4n) is 7.97. The van der Waals surface area contributed by atoms with Crippen molar-refractivity contribution in [2.24, 2.45) is 39.7 Å². The number of aromatic nitrogens is 2. The van der Waals surface area contributed by atoms with Crippen LogP contribution < -0.4 is 27.4 Å². The van der Waals surface area contributed by atoms with Crippen molar-refractivity contribution >= 4 is 57.7 Å². The van der Waals surface area contributed by atoms with Crippen molar-refractivity contribution < 1.29 is 0 Å². The lowest BCUT2D eigenvalue weighted by Gasteiger charge is -2.61. The summed E-state index contributed by atoms with van der Waals surface area (Å²) >= 11 is 12.6. The maximum absolute atomic E-state index is 14.2. The number of nitrogens with one attached hydrogen (secondary N) is 2. The third kappa shape index (κ3) is 6.62. The van der Waals surface area contributed by atoms with Crippen LogP contribution in [0.15, 0.2) is 46.2 Å². The van der Waals surface area contributed by atoms with Gasteiger partial charge in [0.1, 0.15) is 0 Å². The zero-order valence-electron chi connectivity index (χ0n) is 28.5. The van der Waals surface area contributed by atoms with Crippen molar-refractivity contribution in [3.63, 3.8) is 0 Å². The Morgan fingerprint density at radius 2 is 1.88 bits per heavy atom. The van der Waals surface area contributed by atoms with Crippen LogP contribution in [0.5, 0.6) is 0 Å². The lowest BCUT2D eigenvalue weighted by atomic mass is 9.45. The van der Waals surface area contributed by atoms with Gasteiger partial charge in [-0.2, -0.15) is 0 Å². The number of nitrogens with two attached hydrogens (primary N) is 2. The smallest absolute Gasteiger partial charge is 0.262 e. The molecule has 1 saturated heterocycles. The summed E-state index contributed by atoms with van der Waals surface area (Å²) in [7, 11) is 0. The Hall–Kier alpha value is -3.38. The van der Waals surface area contributed by atoms with Gasteiger partial charge in [0.05, 0.1) is 16.9 Å². The number of guanidine groups is 2. The van der Waals surface area contributed by atoms with Crippen molar-refractivity contribution in [3.05, 3.63) is 62.4 Å². The van der Waals surface area contributed by atoms with E-state index in [4.69, 9.17) is 50.2 Å². The maximum Gasteiger partial charge on any atom is 0.262 e. The minimum absolute atomic E-state index is 0.0608. The number of benzene rings is 2. The van der Waals surface area contributed by atoms with Crippen LogP contribution in [0, 0.1) is 28.6 Å². The van der Waals surface area contributed by atoms with Gasteiger partial charge in [-0.15, -0.1) is 0 Å². The summed E-state index contributed by atoms with van der Waals surface area (Å²) < 4.78 is 1.77. The van der Waals surface area contributed by atoms with Crippen LogP contribution in [0.3, 0.4) is 0 Å². The van der Waals surface area contributed by atoms with Gasteiger partial charge in [0.25, 0.3) is 5.56 Å². The molecule has 48 heavy (non-hydrogen) atoms. The summed E-state index contributed by atoms with van der Waals surface area (Å²) in [5.74, 6) is 8.47. The number of nitrogens with zero attached hydrogens (tertiary/aromatic N) is 6. The number of hydrogen-bond donors (Lipinski definition) is 4. The van der Waals surface area contributed by atoms with Crippen LogP contribution in [0.1, 0.15) is 53.0 Å². The molecule has 3 aromatic rings. The van der Waals surface area contributed by atoms with Gasteiger partial charge in [0.2, 0.25) is 17.9 Å². The number of fused-ring (bicyclic) bond motifs is 3. The zero-order valence-corrected chi connectivity index (χ0v) is 30.0. The van der Waals surface area contributed by atoms with Gasteiger partial charge in [-0.05, 0) is 92.2 Å². The predicted octanol–water partition coefficient (Wildman–Crippen LogP) is 5.38. The number of aliphatic imine (C=N–C) groups is 1. The number of piperazine rings is 1. The van der Waals surface area contributed by atoms with Crippen LogP contribution in [0.2, 0.25) is 10.0 Å². The highest BCUT2D eigenvalue weighted by atomic mass is 35.5. The molecule has 2 heterocycles. The molecule has 4 aliphatic rings. The predicted molar refractivity (Wildman–Crippen MR) is 197 cm³/mol. The Kier molecular flexibility index (Phi) is 9.70. The molecule has 4 fully saturated rings. The average molecular weight is 696 g/mol. The molecular weight excluding hydrogens is 647 g/mol. The molecule has 0 amide bonds. The molecule has 0 unspecified atom stereocenters. The summed E-state index contributed by atoms with van der Waals surface area (Å²) in [5.41, 5.74) is 8.17. The van der Waals surface area contributed by atoms with Crippen LogP contribution in [0.4, 0.5) is 11.6 Å². The fraction of sp³-hybridized carbons (Fsp3) is 0.543. The van der Waals surface area contributed by atoms with Crippen molar-refractivity contribution in [3.8, 4) is 0 Å². The average Bonchev–Trinajstić information content (AvgIpc) is 3.04. The van der Waals surface area contributed by atoms with Crippen LogP contribution in [0.25, 0.3) is 10.9 Å². The fourth-order valence-corrected chi connectivity index (χ4v) is 8.48. The topological polar surface area (TPSA) is 145 Å². The molecule has 0 spiro atoms. The number of hydrogen-bond acceptors (Lipinski definition) is 7. The number of rotatable bonds is 7. The molecule has 4 atom stereocenters. The molecule has 0 radical (unpaired) electrons. The number of hydrazine groups is 1. The Balaban J connectivity index is 1.34. The zero-order chi connectivity index (χ0) is 34.5. The van der Waals surface area contributed by atoms with E-state index in [0.29, 0.717) is 80.7 Å². The summed E-state index contributed by atoms with van der Waals surface area (Å²) in [6, 6.07) is 11.4. The summed E-state index contributed by atoms with van der Waals surface area (Å²) in [4.78, 5) is 28.9. The van der Waals surface area contributed by atoms with E-state index in [1.54, 1.807) is 16.7 Å². The Morgan fingerprint density at radius 3 is 2.50 bits per heavy atom. The highest BCUT2D eigenvalue weighted by Crippen LogP contribution is 2.61. The molecule has 13 heteroatoms. The molecule has 11 nitrogen and oxygen atoms in total. The lowest BCUT2D eigenvalue weighted by molar-refractivity contribution is -0.108. The van der Waals surface area contributed by atoms with Crippen molar-refractivity contribution in [1.29, 1.82) is 5.41 Å². The second-order valence-corrected chi connectivity index (χ2v) is 15.4. The number of halogens is 2. The standard InChI is InChI=1S/C35H48Cl2N10O/c1-20(2)44-12-14-45(15-13-44)34-43-30-19-25(8-9-26(30)31(48)46(34)11-10-22-6-7-24(36)18-28(22)37)41-33(47(40)32(38)39)42-29-17-23-16-27(21(29)3)35(23,4)5/h6-9,18-21,23,27,29H,10-17,40H2,1-5H3,(H3,38,39)(H,41,42)/t21-,23-,27-,29+/m1/s1. The monoisotopic (exact) mass is 694 g/mol. The third-order valence-electron chi connectivity index (χ3n) is 11.2. The first kappa shape index (κ1) is 34.5. The lowest BCUT2D eigenvalue weighted by Crippen LogP contribution is -2.57. The molecule has 1 aromatic heterocycles. The molecule has 6 N–H and O–H groups in total. The van der Waals surface area contributed by atoms with Gasteiger partial charge in [-0.25, -0.2) is 20.8 Å². The van der Waals surface area contributed by atoms with E-state index in [1.165, 1.54) is 6.42 Å². The molecule has 258 valence electrons. The summed E-state index contributed by atoms with van der Waals surface area (Å²) in [6.45, 7) is 15.1. The van der Waals surface area contributed by atoms with E-state index in [1.807, 2.05) is 24.3 Å². The van der Waals surface area contributed by atoms with Gasteiger partial charge in [0.15, 0.2) is 0 Å². The summed E-state index contributed by atoms with van der Waals surface area (Å²) in [5, 5.41) is 14.1. The molecule has 3 aliphatic carbocycles. The van der Waals surface area contributed by atoms with E-state index < -0.39 is 0 Å². The third-order valence-corrected chi connectivity index (χ3v) is 11.8. The molecule has 2 bridgehead atoms. The van der Waals surface area contributed by atoms with E-state index in [0.717, 1.165) is 43.2 Å². The molecule has 1 aliphatic heterocycles. The van der Waals surface area contributed by atoms with E-state index in [2.05, 4.69) is 49.7 Å². The van der Waals surface area contributed by atoms with Crippen molar-refractivity contribution in [1.82, 2.24) is 19.5 Å². The minimum atomic E-state index is -0.319. The first-order valence-electron chi connectivity index (χ1n) is 17.0. The molecule has 2 aromatic carbocycles. The second kappa shape index (κ2) is 13.5. The van der Waals surface area contributed by atoms with E-state index >= 15 is 0 Å². The largest absolute Gasteiger partial charge is 0.369 e. The van der Waals surface area contributed by atoms with Gasteiger partial charge in [0, 0.05) is 54.5 Å². The second-order valence-electron chi connectivity index (χ2n) is 14.6. The highest BCUT2D eigenvalue weighted by Gasteiger charge is 2.56. The molecule has 7 rings (SSSR count). The number of aryl methyl sites for hydroxylation is 1. The van der Waals surface area contributed by atoms with E-state index in [-0.39, 0.29) is 17.6 Å². The minimum Gasteiger partial charge on any atom is -0.369 e. The van der Waals surface area contributed by atoms with Gasteiger partial charge in [-0.3, -0.25) is 19.7 Å². The highest BCUT2D eigenvalue weighted by molar-refractivity contribution is 6.35. The quantitative estimate of drug-likeness (QED) is 0.112. The maximum atomic E-state index is 14.2. The molecular formula is C35H48Cl2N10O. The van der Waals surface area contributed by atoms with Crippen LogP contribution in [-0.4, -0.2) is 69.6 Å². The van der Waals surface area contributed by atoms with Crippen LogP contribution in [-0.2, 0) is 13.0 Å². The Labute approximate surface area is 292 Å². The van der Waals surface area contributed by atoms with Crippen molar-refractivity contribution in [2.45, 2.75) is 72.5 Å². The SMILES string of the molecule is CC(C)N1CCN(c2nc3cc(NC(=N[C@H]4C[C@H]5C[C@H]([C@H]4C)C5(C)C)N(N)C(=N)N)ccc3c(=O)n2CCc2ccc(Cl)cc2Cl)CC1. The number of anilines is 2. The van der Waals surface area contributed by atoms with Gasteiger partial charge in [-0.1, -0.05) is 50.0 Å². The summed E-state index contributed by atoms with van der Waals surface area (Å²) in [6.07, 6.45) is 2.75. The first-order valence-corrected chi connectivity index (χ1v) is 17.7.